The molecule has 24 heavy (non-hydrogen) atoms. The summed E-state index contributed by atoms with van der Waals surface area (Å²) in [6.07, 6.45) is 1.14. The largest absolute Gasteiger partial charge is 0.465 e. The Labute approximate surface area is 149 Å². The first-order chi connectivity index (χ1) is 11.5. The van der Waals surface area contributed by atoms with Gasteiger partial charge in [-0.3, -0.25) is 0 Å². The number of carbonyl (C=O) groups is 1. The van der Waals surface area contributed by atoms with Gasteiger partial charge in [-0.15, -0.1) is 22.7 Å². The molecule has 0 saturated carbocycles. The van der Waals surface area contributed by atoms with Crippen molar-refractivity contribution in [1.29, 1.82) is 0 Å². The maximum atomic E-state index is 12.4. The summed E-state index contributed by atoms with van der Waals surface area (Å²) in [6, 6.07) is 5.31. The van der Waals surface area contributed by atoms with E-state index in [2.05, 4.69) is 9.46 Å². The third kappa shape index (κ3) is 4.64. The number of thiophene rings is 2. The quantitative estimate of drug-likeness (QED) is 0.643. The molecule has 0 spiro atoms. The normalized spacial score (nSPS) is 12.9. The number of methoxy groups -OCH3 is 1. The Morgan fingerprint density at radius 2 is 2.08 bits per heavy atom. The van der Waals surface area contributed by atoms with Gasteiger partial charge in [0.1, 0.15) is 9.77 Å². The molecule has 2 aromatic heterocycles. The van der Waals surface area contributed by atoms with Crippen LogP contribution in [0.3, 0.4) is 0 Å². The minimum Gasteiger partial charge on any atom is -0.465 e. The van der Waals surface area contributed by atoms with E-state index in [9.17, 15) is 18.3 Å². The molecule has 0 bridgehead atoms. The van der Waals surface area contributed by atoms with Crippen LogP contribution in [0.4, 0.5) is 0 Å². The van der Waals surface area contributed by atoms with Crippen molar-refractivity contribution in [2.24, 2.45) is 0 Å². The van der Waals surface area contributed by atoms with Gasteiger partial charge in [0.2, 0.25) is 10.0 Å². The van der Waals surface area contributed by atoms with Crippen LogP contribution in [-0.4, -0.2) is 39.8 Å². The molecular formula is C15H19NO5S3. The Morgan fingerprint density at radius 1 is 1.29 bits per heavy atom. The molecule has 2 rings (SSSR count). The predicted molar refractivity (Wildman–Crippen MR) is 94.2 cm³/mol. The topological polar surface area (TPSA) is 92.7 Å². The summed E-state index contributed by atoms with van der Waals surface area (Å²) < 4.78 is 31.9. The van der Waals surface area contributed by atoms with Crippen molar-refractivity contribution in [3.63, 3.8) is 0 Å². The summed E-state index contributed by atoms with van der Waals surface area (Å²) in [5.41, 5.74) is 0. The van der Waals surface area contributed by atoms with Gasteiger partial charge in [0.05, 0.1) is 7.11 Å². The fraction of sp³-hybridized carbons (Fsp3) is 0.400. The highest BCUT2D eigenvalue weighted by Gasteiger charge is 2.24. The van der Waals surface area contributed by atoms with Gasteiger partial charge in [0, 0.05) is 18.0 Å². The van der Waals surface area contributed by atoms with E-state index < -0.39 is 16.0 Å². The van der Waals surface area contributed by atoms with Crippen molar-refractivity contribution in [2.75, 3.05) is 20.3 Å². The van der Waals surface area contributed by atoms with Crippen LogP contribution in [0.1, 0.15) is 33.3 Å². The molecule has 6 nitrogen and oxygen atoms in total. The van der Waals surface area contributed by atoms with Gasteiger partial charge in [-0.2, -0.15) is 0 Å². The van der Waals surface area contributed by atoms with Gasteiger partial charge >= 0.3 is 5.97 Å². The van der Waals surface area contributed by atoms with E-state index in [0.717, 1.165) is 16.2 Å². The molecule has 1 atom stereocenters. The Balaban J connectivity index is 2.02. The molecule has 132 valence electrons. The summed E-state index contributed by atoms with van der Waals surface area (Å²) in [4.78, 5) is 12.8. The molecule has 0 radical (unpaired) electrons. The third-order valence-electron chi connectivity index (χ3n) is 3.50. The summed E-state index contributed by atoms with van der Waals surface area (Å²) in [5, 5.41) is 12.7. The molecule has 0 aliphatic carbocycles. The second-order valence-electron chi connectivity index (χ2n) is 5.02. The van der Waals surface area contributed by atoms with Crippen molar-refractivity contribution in [3.8, 4) is 0 Å². The molecule has 0 aliphatic heterocycles. The number of sulfonamides is 1. The number of hydrogen-bond acceptors (Lipinski definition) is 7. The van der Waals surface area contributed by atoms with Gasteiger partial charge in [0.15, 0.2) is 0 Å². The molecule has 0 fully saturated rings. The summed E-state index contributed by atoms with van der Waals surface area (Å²) in [7, 11) is -2.57. The number of rotatable bonds is 9. The lowest BCUT2D eigenvalue weighted by Crippen LogP contribution is -2.27. The number of nitrogens with one attached hydrogen (secondary N) is 1. The molecule has 9 heteroatoms. The minimum atomic E-state index is -3.78. The molecular weight excluding hydrogens is 370 g/mol. The summed E-state index contributed by atoms with van der Waals surface area (Å²) in [6.45, 7) is 0.272. The van der Waals surface area contributed by atoms with E-state index in [1.807, 2.05) is 17.5 Å². The minimum absolute atomic E-state index is 0.0480. The van der Waals surface area contributed by atoms with Crippen LogP contribution in [0.15, 0.2) is 33.9 Å². The van der Waals surface area contributed by atoms with Crippen LogP contribution in [0.2, 0.25) is 0 Å². The molecule has 0 aromatic carbocycles. The van der Waals surface area contributed by atoms with Gasteiger partial charge in [0.25, 0.3) is 0 Å². The van der Waals surface area contributed by atoms with E-state index >= 15 is 0 Å². The monoisotopic (exact) mass is 389 g/mol. The molecule has 0 aliphatic rings. The van der Waals surface area contributed by atoms with Crippen molar-refractivity contribution >= 4 is 38.7 Å². The van der Waals surface area contributed by atoms with E-state index in [-0.39, 0.29) is 28.8 Å². The number of aliphatic hydroxyl groups is 1. The molecule has 2 N–H and O–H groups in total. The average Bonchev–Trinajstić information content (AvgIpc) is 3.24. The highest BCUT2D eigenvalue weighted by molar-refractivity contribution is 7.89. The maximum absolute atomic E-state index is 12.4. The fourth-order valence-corrected chi connectivity index (χ4v) is 5.58. The first-order valence-corrected chi connectivity index (χ1v) is 10.5. The Bertz CT molecular complexity index is 752. The summed E-state index contributed by atoms with van der Waals surface area (Å²) >= 11 is 2.62. The van der Waals surface area contributed by atoms with E-state index in [1.165, 1.54) is 13.2 Å². The van der Waals surface area contributed by atoms with E-state index in [1.54, 1.807) is 16.7 Å². The zero-order chi connectivity index (χ0) is 17.6. The van der Waals surface area contributed by atoms with Gasteiger partial charge in [-0.25, -0.2) is 17.9 Å². The maximum Gasteiger partial charge on any atom is 0.349 e. The SMILES string of the molecule is COC(=O)c1sccc1S(=O)(=O)NCC[C@H](CCO)c1cccs1. The van der Waals surface area contributed by atoms with Crippen molar-refractivity contribution < 1.29 is 23.1 Å². The number of carbonyl (C=O) groups excluding carboxylic acids is 1. The lowest BCUT2D eigenvalue weighted by atomic mass is 10.0. The van der Waals surface area contributed by atoms with Crippen molar-refractivity contribution in [2.45, 2.75) is 23.7 Å². The molecule has 2 aromatic rings. The number of hydrogen-bond donors (Lipinski definition) is 2. The van der Waals surface area contributed by atoms with E-state index in [4.69, 9.17) is 0 Å². The lowest BCUT2D eigenvalue weighted by Gasteiger charge is -2.14. The van der Waals surface area contributed by atoms with Crippen LogP contribution in [0.25, 0.3) is 0 Å². The van der Waals surface area contributed by atoms with Crippen LogP contribution >= 0.6 is 22.7 Å². The van der Waals surface area contributed by atoms with Gasteiger partial charge in [-0.05, 0) is 41.7 Å². The summed E-state index contributed by atoms with van der Waals surface area (Å²) in [5.74, 6) is -0.567. The van der Waals surface area contributed by atoms with Crippen LogP contribution < -0.4 is 4.72 Å². The first kappa shape index (κ1) is 19.1. The second-order valence-corrected chi connectivity index (χ2v) is 8.65. The van der Waals surface area contributed by atoms with Crippen molar-refractivity contribution in [3.05, 3.63) is 38.7 Å². The highest BCUT2D eigenvalue weighted by Crippen LogP contribution is 2.27. The smallest absolute Gasteiger partial charge is 0.349 e. The third-order valence-corrected chi connectivity index (χ3v) is 7.06. The van der Waals surface area contributed by atoms with Crippen LogP contribution in [-0.2, 0) is 14.8 Å². The first-order valence-electron chi connectivity index (χ1n) is 7.29. The van der Waals surface area contributed by atoms with Gasteiger partial charge in [-0.1, -0.05) is 6.07 Å². The highest BCUT2D eigenvalue weighted by atomic mass is 32.2. The molecule has 0 unspecified atom stereocenters. The molecule has 2 heterocycles. The number of ether oxygens (including phenoxy) is 1. The van der Waals surface area contributed by atoms with Crippen molar-refractivity contribution in [1.82, 2.24) is 4.72 Å². The fourth-order valence-electron chi connectivity index (χ4n) is 2.30. The zero-order valence-electron chi connectivity index (χ0n) is 13.1. The molecule has 0 amide bonds. The average molecular weight is 390 g/mol. The van der Waals surface area contributed by atoms with Crippen LogP contribution in [0, 0.1) is 0 Å². The Morgan fingerprint density at radius 3 is 2.71 bits per heavy atom. The lowest BCUT2D eigenvalue weighted by molar-refractivity contribution is 0.0602. The van der Waals surface area contributed by atoms with Crippen LogP contribution in [0.5, 0.6) is 0 Å². The Hall–Kier alpha value is -1.26. The zero-order valence-corrected chi connectivity index (χ0v) is 15.5. The van der Waals surface area contributed by atoms with Gasteiger partial charge < -0.3 is 9.84 Å². The Kier molecular flexibility index (Phi) is 6.93. The standard InChI is InChI=1S/C15H19NO5S3/c1-21-15(18)14-13(6-10-23-14)24(19,20)16-7-4-11(5-8-17)12-3-2-9-22-12/h2-3,6,9-11,16-17H,4-5,7-8H2,1H3/t11-/m1/s1. The predicted octanol–water partition coefficient (Wildman–Crippen LogP) is 2.43. The second kappa shape index (κ2) is 8.72. The number of esters is 1. The molecule has 0 saturated heterocycles. The van der Waals surface area contributed by atoms with E-state index in [0.29, 0.717) is 12.8 Å². The number of aliphatic hydroxyl groups excluding tert-OH is 1.